The molecule has 0 aliphatic rings. The molecule has 0 aliphatic heterocycles. The van der Waals surface area contributed by atoms with Gasteiger partial charge in [0.1, 0.15) is 0 Å². The zero-order chi connectivity index (χ0) is 15.2. The van der Waals surface area contributed by atoms with Crippen molar-refractivity contribution >= 4 is 17.8 Å². The molecule has 0 aliphatic carbocycles. The van der Waals surface area contributed by atoms with Crippen LogP contribution in [0.3, 0.4) is 0 Å². The number of aromatic nitrogens is 5. The zero-order valence-electron chi connectivity index (χ0n) is 13.0. The van der Waals surface area contributed by atoms with Crippen molar-refractivity contribution in [2.24, 2.45) is 7.05 Å². The number of anilines is 3. The second-order valence-electron chi connectivity index (χ2n) is 4.90. The first kappa shape index (κ1) is 15.0. The van der Waals surface area contributed by atoms with Gasteiger partial charge < -0.3 is 15.5 Å². The van der Waals surface area contributed by atoms with E-state index >= 15 is 0 Å². The van der Waals surface area contributed by atoms with Crippen molar-refractivity contribution in [3.8, 4) is 0 Å². The third-order valence-corrected chi connectivity index (χ3v) is 2.91. The Balaban J connectivity index is 2.13. The summed E-state index contributed by atoms with van der Waals surface area (Å²) in [5, 5.41) is 10.5. The van der Waals surface area contributed by atoms with Gasteiger partial charge in [-0.15, -0.1) is 0 Å². The number of aryl methyl sites for hydroxylation is 1. The van der Waals surface area contributed by atoms with E-state index in [-0.39, 0.29) is 0 Å². The molecule has 0 spiro atoms. The van der Waals surface area contributed by atoms with Gasteiger partial charge in [-0.25, -0.2) is 0 Å². The van der Waals surface area contributed by atoms with Crippen LogP contribution in [0.2, 0.25) is 0 Å². The van der Waals surface area contributed by atoms with Crippen LogP contribution >= 0.6 is 0 Å². The van der Waals surface area contributed by atoms with E-state index in [4.69, 9.17) is 0 Å². The first-order valence-corrected chi connectivity index (χ1v) is 6.98. The molecule has 0 atom stereocenters. The van der Waals surface area contributed by atoms with E-state index in [2.05, 4.69) is 37.6 Å². The highest BCUT2D eigenvalue weighted by atomic mass is 15.3. The van der Waals surface area contributed by atoms with Crippen LogP contribution in [0.25, 0.3) is 0 Å². The Hall–Kier alpha value is -2.38. The molecule has 8 nitrogen and oxygen atoms in total. The Morgan fingerprint density at radius 3 is 2.43 bits per heavy atom. The zero-order valence-corrected chi connectivity index (χ0v) is 13.0. The number of hydrogen-bond acceptors (Lipinski definition) is 7. The molecule has 0 radical (unpaired) electrons. The lowest BCUT2D eigenvalue weighted by molar-refractivity contribution is 0.718. The third-order valence-electron chi connectivity index (χ3n) is 2.91. The van der Waals surface area contributed by atoms with Gasteiger partial charge in [0.2, 0.25) is 17.8 Å². The van der Waals surface area contributed by atoms with Gasteiger partial charge in [0.15, 0.2) is 0 Å². The van der Waals surface area contributed by atoms with Gasteiger partial charge in [0.25, 0.3) is 0 Å². The summed E-state index contributed by atoms with van der Waals surface area (Å²) in [5.74, 6) is 1.76. The maximum Gasteiger partial charge on any atom is 0.231 e. The normalized spacial score (nSPS) is 10.5. The second-order valence-corrected chi connectivity index (χ2v) is 4.90. The Morgan fingerprint density at radius 1 is 1.14 bits per heavy atom. The fourth-order valence-electron chi connectivity index (χ4n) is 1.70. The summed E-state index contributed by atoms with van der Waals surface area (Å²) in [4.78, 5) is 15.0. The number of nitrogens with one attached hydrogen (secondary N) is 2. The fraction of sp³-hybridized carbons (Fsp3) is 0.538. The average Bonchev–Trinajstić information content (AvgIpc) is 2.88. The van der Waals surface area contributed by atoms with Crippen LogP contribution in [-0.4, -0.2) is 45.4 Å². The molecular weight excluding hydrogens is 268 g/mol. The fourth-order valence-corrected chi connectivity index (χ4v) is 1.70. The maximum absolute atomic E-state index is 4.39. The van der Waals surface area contributed by atoms with Crippen molar-refractivity contribution in [2.75, 3.05) is 36.2 Å². The van der Waals surface area contributed by atoms with Crippen LogP contribution in [0.15, 0.2) is 12.3 Å². The lowest BCUT2D eigenvalue weighted by atomic mass is 10.4. The number of nitrogens with zero attached hydrogens (tertiary/aromatic N) is 6. The van der Waals surface area contributed by atoms with Crippen molar-refractivity contribution in [3.05, 3.63) is 18.0 Å². The van der Waals surface area contributed by atoms with Crippen LogP contribution in [-0.2, 0) is 13.6 Å². The highest BCUT2D eigenvalue weighted by molar-refractivity contribution is 5.43. The van der Waals surface area contributed by atoms with Crippen molar-refractivity contribution < 1.29 is 0 Å². The molecule has 114 valence electrons. The Bertz CT molecular complexity index is 577. The number of hydrogen-bond donors (Lipinski definition) is 2. The summed E-state index contributed by atoms with van der Waals surface area (Å²) in [6.07, 6.45) is 2.78. The highest BCUT2D eigenvalue weighted by Crippen LogP contribution is 2.12. The largest absolute Gasteiger partial charge is 0.354 e. The van der Waals surface area contributed by atoms with Crippen LogP contribution in [0, 0.1) is 0 Å². The molecule has 2 rings (SSSR count). The van der Waals surface area contributed by atoms with Crippen LogP contribution < -0.4 is 15.5 Å². The molecule has 2 aromatic heterocycles. The lowest BCUT2D eigenvalue weighted by Gasteiger charge is -2.14. The standard InChI is InChI=1S/C13H22N8/c1-5-7-14-11-17-12(19-13(18-11)20(2)3)15-9-10-6-8-16-21(10)4/h6,8H,5,7,9H2,1-4H3,(H2,14,15,17,18,19). The number of rotatable bonds is 7. The predicted octanol–water partition coefficient (Wildman–Crippen LogP) is 1.11. The molecule has 0 saturated carbocycles. The van der Waals surface area contributed by atoms with Crippen molar-refractivity contribution in [1.82, 2.24) is 24.7 Å². The summed E-state index contributed by atoms with van der Waals surface area (Å²) in [6, 6.07) is 1.96. The highest BCUT2D eigenvalue weighted by Gasteiger charge is 2.08. The Kier molecular flexibility index (Phi) is 4.91. The molecular formula is C13H22N8. The van der Waals surface area contributed by atoms with Gasteiger partial charge in [-0.2, -0.15) is 20.1 Å². The van der Waals surface area contributed by atoms with Crippen molar-refractivity contribution in [2.45, 2.75) is 19.9 Å². The first-order chi connectivity index (χ1) is 10.1. The molecule has 2 N–H and O–H groups in total. The smallest absolute Gasteiger partial charge is 0.231 e. The Morgan fingerprint density at radius 2 is 1.86 bits per heavy atom. The topological polar surface area (TPSA) is 83.8 Å². The third kappa shape index (κ3) is 4.04. The molecule has 8 heteroatoms. The average molecular weight is 290 g/mol. The Labute approximate surface area is 124 Å². The molecule has 0 saturated heterocycles. The molecule has 0 aromatic carbocycles. The monoisotopic (exact) mass is 290 g/mol. The second kappa shape index (κ2) is 6.87. The molecule has 21 heavy (non-hydrogen) atoms. The summed E-state index contributed by atoms with van der Waals surface area (Å²) in [6.45, 7) is 3.54. The summed E-state index contributed by atoms with van der Waals surface area (Å²) in [5.41, 5.74) is 1.06. The molecule has 2 aromatic rings. The lowest BCUT2D eigenvalue weighted by Crippen LogP contribution is -2.17. The minimum atomic E-state index is 0.550. The molecule has 0 fully saturated rings. The van der Waals surface area contributed by atoms with Crippen LogP contribution in [0.5, 0.6) is 0 Å². The minimum absolute atomic E-state index is 0.550. The maximum atomic E-state index is 4.39. The SMILES string of the molecule is CCCNc1nc(NCc2ccnn2C)nc(N(C)C)n1. The molecule has 0 amide bonds. The minimum Gasteiger partial charge on any atom is -0.354 e. The van der Waals surface area contributed by atoms with Crippen LogP contribution in [0.4, 0.5) is 17.8 Å². The predicted molar refractivity (Wildman–Crippen MR) is 83.5 cm³/mol. The van der Waals surface area contributed by atoms with E-state index in [0.29, 0.717) is 24.4 Å². The van der Waals surface area contributed by atoms with Gasteiger partial charge in [-0.3, -0.25) is 4.68 Å². The van der Waals surface area contributed by atoms with Gasteiger partial charge in [0.05, 0.1) is 12.2 Å². The quantitative estimate of drug-likeness (QED) is 0.790. The molecule has 2 heterocycles. The summed E-state index contributed by atoms with van der Waals surface area (Å²) < 4.78 is 1.82. The van der Waals surface area contributed by atoms with Gasteiger partial charge in [-0.05, 0) is 12.5 Å². The van der Waals surface area contributed by atoms with E-state index in [1.807, 2.05) is 36.8 Å². The van der Waals surface area contributed by atoms with Gasteiger partial charge in [-0.1, -0.05) is 6.92 Å². The van der Waals surface area contributed by atoms with Crippen molar-refractivity contribution in [1.29, 1.82) is 0 Å². The van der Waals surface area contributed by atoms with E-state index in [9.17, 15) is 0 Å². The van der Waals surface area contributed by atoms with E-state index < -0.39 is 0 Å². The first-order valence-electron chi connectivity index (χ1n) is 6.98. The van der Waals surface area contributed by atoms with E-state index in [1.54, 1.807) is 6.20 Å². The van der Waals surface area contributed by atoms with E-state index in [0.717, 1.165) is 18.7 Å². The van der Waals surface area contributed by atoms with Crippen LogP contribution in [0.1, 0.15) is 19.0 Å². The molecule has 0 bridgehead atoms. The summed E-state index contributed by atoms with van der Waals surface area (Å²) in [7, 11) is 5.72. The van der Waals surface area contributed by atoms with Gasteiger partial charge >= 0.3 is 0 Å². The van der Waals surface area contributed by atoms with Gasteiger partial charge in [0, 0.05) is 33.9 Å². The molecule has 0 unspecified atom stereocenters. The summed E-state index contributed by atoms with van der Waals surface area (Å²) >= 11 is 0. The van der Waals surface area contributed by atoms with E-state index in [1.165, 1.54) is 0 Å². The van der Waals surface area contributed by atoms with Crippen molar-refractivity contribution in [3.63, 3.8) is 0 Å².